The van der Waals surface area contributed by atoms with E-state index in [0.717, 1.165) is 37.6 Å². The lowest BCUT2D eigenvalue weighted by molar-refractivity contribution is 0.199. The Morgan fingerprint density at radius 1 is 1.31 bits per heavy atom. The molecule has 0 spiro atoms. The molecule has 1 aliphatic heterocycles. The molecular weight excluding hydrogens is 202 g/mol. The average Bonchev–Trinajstić information content (AvgIpc) is 2.30. The fourth-order valence-electron chi connectivity index (χ4n) is 1.90. The summed E-state index contributed by atoms with van der Waals surface area (Å²) in [6, 6.07) is 3.85. The molecule has 1 atom stereocenters. The number of likely N-dealkylation sites (N-methyl/N-ethyl adjacent to an activating group) is 1. The number of aromatic nitrogens is 1. The maximum absolute atomic E-state index is 9.53. The van der Waals surface area contributed by atoms with Crippen LogP contribution in [0, 0.1) is 0 Å². The molecule has 0 saturated carbocycles. The summed E-state index contributed by atoms with van der Waals surface area (Å²) >= 11 is 0. The first kappa shape index (κ1) is 11.4. The molecule has 1 fully saturated rings. The average molecular weight is 221 g/mol. The van der Waals surface area contributed by atoms with Crippen molar-refractivity contribution in [2.45, 2.75) is 13.0 Å². The van der Waals surface area contributed by atoms with E-state index in [9.17, 15) is 5.11 Å². The minimum absolute atomic E-state index is 0.422. The lowest BCUT2D eigenvalue weighted by Gasteiger charge is -2.33. The standard InChI is InChI=1S/C12H19N3O/c1-10(16)11-3-4-13-12(9-11)15-7-5-14(2)6-8-15/h3-4,9-10,16H,5-8H2,1-2H3/t10-/m0/s1. The summed E-state index contributed by atoms with van der Waals surface area (Å²) in [6.45, 7) is 5.93. The van der Waals surface area contributed by atoms with Crippen molar-refractivity contribution in [1.29, 1.82) is 0 Å². The minimum atomic E-state index is -0.422. The fourth-order valence-corrected chi connectivity index (χ4v) is 1.90. The van der Waals surface area contributed by atoms with Crippen molar-refractivity contribution in [2.24, 2.45) is 0 Å². The van der Waals surface area contributed by atoms with Crippen molar-refractivity contribution >= 4 is 5.82 Å². The zero-order chi connectivity index (χ0) is 11.5. The molecule has 2 heterocycles. The van der Waals surface area contributed by atoms with Crippen LogP contribution in [-0.4, -0.2) is 48.2 Å². The Morgan fingerprint density at radius 2 is 2.00 bits per heavy atom. The van der Waals surface area contributed by atoms with E-state index in [4.69, 9.17) is 0 Å². The first-order valence-electron chi connectivity index (χ1n) is 5.74. The van der Waals surface area contributed by atoms with Crippen molar-refractivity contribution in [2.75, 3.05) is 38.1 Å². The third-order valence-electron chi connectivity index (χ3n) is 3.08. The highest BCUT2D eigenvalue weighted by atomic mass is 16.3. The Balaban J connectivity index is 2.11. The Labute approximate surface area is 96.5 Å². The van der Waals surface area contributed by atoms with Gasteiger partial charge in [0.15, 0.2) is 0 Å². The number of nitrogens with zero attached hydrogens (tertiary/aromatic N) is 3. The monoisotopic (exact) mass is 221 g/mol. The molecule has 0 unspecified atom stereocenters. The summed E-state index contributed by atoms with van der Waals surface area (Å²) in [6.07, 6.45) is 1.35. The zero-order valence-electron chi connectivity index (χ0n) is 9.93. The second kappa shape index (κ2) is 4.80. The van der Waals surface area contributed by atoms with Crippen LogP contribution in [-0.2, 0) is 0 Å². The van der Waals surface area contributed by atoms with Crippen LogP contribution in [0.25, 0.3) is 0 Å². The van der Waals surface area contributed by atoms with E-state index in [1.54, 1.807) is 13.1 Å². The van der Waals surface area contributed by atoms with Crippen LogP contribution in [0.4, 0.5) is 5.82 Å². The number of hydrogen-bond donors (Lipinski definition) is 1. The fraction of sp³-hybridized carbons (Fsp3) is 0.583. The topological polar surface area (TPSA) is 39.6 Å². The summed E-state index contributed by atoms with van der Waals surface area (Å²) < 4.78 is 0. The quantitative estimate of drug-likeness (QED) is 0.805. The van der Waals surface area contributed by atoms with Crippen molar-refractivity contribution in [1.82, 2.24) is 9.88 Å². The van der Waals surface area contributed by atoms with Crippen molar-refractivity contribution < 1.29 is 5.11 Å². The Bertz CT molecular complexity index is 346. The molecule has 1 aliphatic rings. The van der Waals surface area contributed by atoms with Crippen LogP contribution in [0.1, 0.15) is 18.6 Å². The Kier molecular flexibility index (Phi) is 3.41. The van der Waals surface area contributed by atoms with Crippen molar-refractivity contribution in [3.05, 3.63) is 23.9 Å². The summed E-state index contributed by atoms with van der Waals surface area (Å²) in [7, 11) is 2.14. The lowest BCUT2D eigenvalue weighted by Crippen LogP contribution is -2.44. The van der Waals surface area contributed by atoms with Crippen molar-refractivity contribution in [3.8, 4) is 0 Å². The molecule has 1 saturated heterocycles. The highest BCUT2D eigenvalue weighted by molar-refractivity contribution is 5.42. The maximum atomic E-state index is 9.53. The third kappa shape index (κ3) is 2.51. The molecule has 4 nitrogen and oxygen atoms in total. The number of aliphatic hydroxyl groups excluding tert-OH is 1. The summed E-state index contributed by atoms with van der Waals surface area (Å²) in [5, 5.41) is 9.53. The van der Waals surface area contributed by atoms with Gasteiger partial charge in [0.05, 0.1) is 6.10 Å². The van der Waals surface area contributed by atoms with Gasteiger partial charge in [-0.15, -0.1) is 0 Å². The smallest absolute Gasteiger partial charge is 0.128 e. The highest BCUT2D eigenvalue weighted by Gasteiger charge is 2.15. The molecule has 16 heavy (non-hydrogen) atoms. The number of piperazine rings is 1. The van der Waals surface area contributed by atoms with E-state index >= 15 is 0 Å². The van der Waals surface area contributed by atoms with Crippen LogP contribution in [0.5, 0.6) is 0 Å². The summed E-state index contributed by atoms with van der Waals surface area (Å²) in [4.78, 5) is 8.95. The van der Waals surface area contributed by atoms with Gasteiger partial charge in [-0.25, -0.2) is 4.98 Å². The van der Waals surface area contributed by atoms with Crippen molar-refractivity contribution in [3.63, 3.8) is 0 Å². The van der Waals surface area contributed by atoms with Gasteiger partial charge in [-0.3, -0.25) is 0 Å². The van der Waals surface area contributed by atoms with Gasteiger partial charge in [-0.2, -0.15) is 0 Å². The van der Waals surface area contributed by atoms with Gasteiger partial charge < -0.3 is 14.9 Å². The van der Waals surface area contributed by atoms with E-state index in [0.29, 0.717) is 0 Å². The lowest BCUT2D eigenvalue weighted by atomic mass is 10.1. The minimum Gasteiger partial charge on any atom is -0.389 e. The molecule has 2 rings (SSSR count). The van der Waals surface area contributed by atoms with Crippen LogP contribution >= 0.6 is 0 Å². The summed E-state index contributed by atoms with van der Waals surface area (Å²) in [5.41, 5.74) is 0.934. The molecular formula is C12H19N3O. The SMILES string of the molecule is C[C@H](O)c1ccnc(N2CCN(C)CC2)c1. The number of aliphatic hydroxyl groups is 1. The normalized spacial score (nSPS) is 19.8. The van der Waals surface area contributed by atoms with E-state index in [2.05, 4.69) is 21.8 Å². The van der Waals surface area contributed by atoms with Crippen LogP contribution < -0.4 is 4.90 Å². The highest BCUT2D eigenvalue weighted by Crippen LogP contribution is 2.18. The number of pyridine rings is 1. The second-order valence-electron chi connectivity index (χ2n) is 4.41. The van der Waals surface area contributed by atoms with Gasteiger partial charge in [0.25, 0.3) is 0 Å². The van der Waals surface area contributed by atoms with E-state index in [1.165, 1.54) is 0 Å². The van der Waals surface area contributed by atoms with Crippen LogP contribution in [0.15, 0.2) is 18.3 Å². The molecule has 0 aromatic carbocycles. The second-order valence-corrected chi connectivity index (χ2v) is 4.41. The molecule has 1 aromatic rings. The maximum Gasteiger partial charge on any atom is 0.128 e. The molecule has 88 valence electrons. The third-order valence-corrected chi connectivity index (χ3v) is 3.08. The molecule has 0 radical (unpaired) electrons. The molecule has 0 amide bonds. The van der Waals surface area contributed by atoms with E-state index in [1.807, 2.05) is 12.1 Å². The van der Waals surface area contributed by atoms with Gasteiger partial charge >= 0.3 is 0 Å². The molecule has 1 N–H and O–H groups in total. The zero-order valence-corrected chi connectivity index (χ0v) is 9.93. The van der Waals surface area contributed by atoms with Crippen LogP contribution in [0.3, 0.4) is 0 Å². The molecule has 1 aromatic heterocycles. The van der Waals surface area contributed by atoms with Gasteiger partial charge in [0.2, 0.25) is 0 Å². The van der Waals surface area contributed by atoms with E-state index in [-0.39, 0.29) is 0 Å². The summed E-state index contributed by atoms with van der Waals surface area (Å²) in [5.74, 6) is 0.978. The van der Waals surface area contributed by atoms with Gasteiger partial charge in [-0.1, -0.05) is 0 Å². The predicted octanol–water partition coefficient (Wildman–Crippen LogP) is 0.887. The molecule has 0 aliphatic carbocycles. The number of rotatable bonds is 2. The number of hydrogen-bond acceptors (Lipinski definition) is 4. The van der Waals surface area contributed by atoms with E-state index < -0.39 is 6.10 Å². The Hall–Kier alpha value is -1.13. The van der Waals surface area contributed by atoms with Gasteiger partial charge in [-0.05, 0) is 31.7 Å². The largest absolute Gasteiger partial charge is 0.389 e. The molecule has 4 heteroatoms. The first-order valence-corrected chi connectivity index (χ1v) is 5.74. The van der Waals surface area contributed by atoms with Gasteiger partial charge in [0.1, 0.15) is 5.82 Å². The molecule has 0 bridgehead atoms. The Morgan fingerprint density at radius 3 is 2.62 bits per heavy atom. The van der Waals surface area contributed by atoms with Crippen LogP contribution in [0.2, 0.25) is 0 Å². The number of anilines is 1. The predicted molar refractivity (Wildman–Crippen MR) is 64.6 cm³/mol. The first-order chi connectivity index (χ1) is 7.66. The van der Waals surface area contributed by atoms with Gasteiger partial charge in [0, 0.05) is 32.4 Å².